The first-order valence-electron chi connectivity index (χ1n) is 6.95. The van der Waals surface area contributed by atoms with Crippen molar-refractivity contribution in [2.75, 3.05) is 11.9 Å². The predicted molar refractivity (Wildman–Crippen MR) is 82.5 cm³/mol. The minimum atomic E-state index is 0.308. The van der Waals surface area contributed by atoms with Gasteiger partial charge >= 0.3 is 0 Å². The lowest BCUT2D eigenvalue weighted by Gasteiger charge is -2.10. The van der Waals surface area contributed by atoms with Crippen LogP contribution in [0.2, 0.25) is 0 Å². The van der Waals surface area contributed by atoms with E-state index in [1.54, 1.807) is 18.0 Å². The monoisotopic (exact) mass is 291 g/mol. The molecule has 4 nitrogen and oxygen atoms in total. The van der Waals surface area contributed by atoms with Crippen molar-refractivity contribution in [2.24, 2.45) is 0 Å². The quantitative estimate of drug-likeness (QED) is 0.795. The topological polar surface area (TPSA) is 51.0 Å². The third-order valence-corrected chi connectivity index (χ3v) is 3.88. The Morgan fingerprint density at radius 2 is 2.15 bits per heavy atom. The largest absolute Gasteiger partial charge is 0.468 e. The van der Waals surface area contributed by atoms with Crippen LogP contribution in [0.5, 0.6) is 0 Å². The number of hydrogen-bond acceptors (Lipinski definition) is 5. The maximum atomic E-state index is 5.33. The molecular weight excluding hydrogens is 270 g/mol. The molecule has 0 bridgehead atoms. The Hall–Kier alpha value is -1.49. The molecule has 0 aromatic carbocycles. The Morgan fingerprint density at radius 1 is 1.35 bits per heavy atom. The van der Waals surface area contributed by atoms with Gasteiger partial charge in [0.2, 0.25) is 0 Å². The van der Waals surface area contributed by atoms with Crippen LogP contribution in [-0.4, -0.2) is 16.5 Å². The normalized spacial score (nSPS) is 11.1. The van der Waals surface area contributed by atoms with E-state index in [4.69, 9.17) is 4.42 Å². The molecule has 0 fully saturated rings. The lowest BCUT2D eigenvalue weighted by Crippen LogP contribution is -2.06. The van der Waals surface area contributed by atoms with Crippen LogP contribution in [0.4, 0.5) is 5.82 Å². The van der Waals surface area contributed by atoms with E-state index in [1.807, 2.05) is 19.1 Å². The summed E-state index contributed by atoms with van der Waals surface area (Å²) in [6.07, 6.45) is 2.78. The fraction of sp³-hybridized carbons (Fsp3) is 0.467. The molecule has 5 heteroatoms. The van der Waals surface area contributed by atoms with Crippen LogP contribution in [0.1, 0.15) is 44.7 Å². The molecule has 0 amide bonds. The second kappa shape index (κ2) is 6.79. The molecule has 0 aliphatic carbocycles. The molecule has 1 N–H and O–H groups in total. The van der Waals surface area contributed by atoms with Crippen LogP contribution < -0.4 is 5.32 Å². The smallest absolute Gasteiger partial charge is 0.134 e. The molecule has 0 saturated carbocycles. The van der Waals surface area contributed by atoms with E-state index in [0.717, 1.165) is 40.3 Å². The van der Waals surface area contributed by atoms with Crippen molar-refractivity contribution in [1.82, 2.24) is 9.97 Å². The minimum absolute atomic E-state index is 0.308. The third kappa shape index (κ3) is 3.76. The number of anilines is 1. The molecule has 2 aromatic rings. The maximum absolute atomic E-state index is 5.33. The van der Waals surface area contributed by atoms with Crippen molar-refractivity contribution in [3.05, 3.63) is 30.0 Å². The van der Waals surface area contributed by atoms with E-state index in [0.29, 0.717) is 5.92 Å². The average Bonchev–Trinajstić information content (AvgIpc) is 2.81. The van der Waals surface area contributed by atoms with Crippen LogP contribution in [0, 0.1) is 6.92 Å². The highest BCUT2D eigenvalue weighted by molar-refractivity contribution is 7.99. The van der Waals surface area contributed by atoms with Crippen molar-refractivity contribution < 1.29 is 4.42 Å². The lowest BCUT2D eigenvalue weighted by atomic mass is 10.2. The zero-order valence-corrected chi connectivity index (χ0v) is 13.3. The molecule has 0 aliphatic heterocycles. The molecule has 108 valence electrons. The number of rotatable bonds is 6. The van der Waals surface area contributed by atoms with Gasteiger partial charge in [0.1, 0.15) is 22.4 Å². The van der Waals surface area contributed by atoms with Gasteiger partial charge < -0.3 is 9.73 Å². The Balaban J connectivity index is 2.26. The van der Waals surface area contributed by atoms with E-state index in [9.17, 15) is 0 Å². The average molecular weight is 291 g/mol. The first kappa shape index (κ1) is 14.9. The summed E-state index contributed by atoms with van der Waals surface area (Å²) >= 11 is 1.62. The molecule has 2 rings (SSSR count). The maximum Gasteiger partial charge on any atom is 0.134 e. The van der Waals surface area contributed by atoms with Gasteiger partial charge in [-0.1, -0.05) is 32.5 Å². The highest BCUT2D eigenvalue weighted by atomic mass is 32.2. The number of aryl methyl sites for hydroxylation is 1. The van der Waals surface area contributed by atoms with Crippen molar-refractivity contribution in [2.45, 2.75) is 50.0 Å². The van der Waals surface area contributed by atoms with Gasteiger partial charge in [0, 0.05) is 18.5 Å². The third-order valence-electron chi connectivity index (χ3n) is 2.82. The molecule has 0 radical (unpaired) electrons. The molecule has 0 unspecified atom stereocenters. The molecule has 20 heavy (non-hydrogen) atoms. The number of aromatic nitrogens is 2. The zero-order chi connectivity index (χ0) is 14.5. The minimum Gasteiger partial charge on any atom is -0.468 e. The summed E-state index contributed by atoms with van der Waals surface area (Å²) in [6.45, 7) is 9.24. The highest BCUT2D eigenvalue weighted by Gasteiger charge is 2.11. The summed E-state index contributed by atoms with van der Waals surface area (Å²) in [5, 5.41) is 4.29. The van der Waals surface area contributed by atoms with Crippen molar-refractivity contribution in [1.29, 1.82) is 0 Å². The molecule has 2 aromatic heterocycles. The summed E-state index contributed by atoms with van der Waals surface area (Å²) in [7, 11) is 0. The predicted octanol–water partition coefficient (Wildman–Crippen LogP) is 4.47. The Labute approximate surface area is 124 Å². The molecule has 0 spiro atoms. The number of hydrogen-bond donors (Lipinski definition) is 1. The van der Waals surface area contributed by atoms with Gasteiger partial charge in [0.25, 0.3) is 0 Å². The molecule has 0 saturated heterocycles. The van der Waals surface area contributed by atoms with Crippen LogP contribution in [0.25, 0.3) is 0 Å². The van der Waals surface area contributed by atoms with Crippen molar-refractivity contribution >= 4 is 17.6 Å². The van der Waals surface area contributed by atoms with Gasteiger partial charge in [-0.3, -0.25) is 0 Å². The van der Waals surface area contributed by atoms with Gasteiger partial charge in [0.05, 0.1) is 11.2 Å². The SMILES string of the molecule is CCCNc1cc(Sc2ccoc2C)nc(C(C)C)n1. The van der Waals surface area contributed by atoms with E-state index in [-0.39, 0.29) is 0 Å². The van der Waals surface area contributed by atoms with Crippen LogP contribution in [0.15, 0.2) is 32.7 Å². The summed E-state index contributed by atoms with van der Waals surface area (Å²) in [4.78, 5) is 10.3. The first-order valence-corrected chi connectivity index (χ1v) is 7.76. The standard InChI is InChI=1S/C15H21N3OS/c1-5-7-16-13-9-14(18-15(17-13)10(2)3)20-12-6-8-19-11(12)4/h6,8-10H,5,7H2,1-4H3,(H,16,17,18). The molecular formula is C15H21N3OS. The highest BCUT2D eigenvalue weighted by Crippen LogP contribution is 2.31. The fourth-order valence-corrected chi connectivity index (χ4v) is 2.54. The van der Waals surface area contributed by atoms with E-state index in [2.05, 4.69) is 36.1 Å². The summed E-state index contributed by atoms with van der Waals surface area (Å²) in [5.41, 5.74) is 0. The Kier molecular flexibility index (Phi) is 5.06. The van der Waals surface area contributed by atoms with E-state index < -0.39 is 0 Å². The van der Waals surface area contributed by atoms with Gasteiger partial charge in [-0.05, 0) is 19.4 Å². The first-order chi connectivity index (χ1) is 9.60. The number of nitrogens with zero attached hydrogens (tertiary/aromatic N) is 2. The lowest BCUT2D eigenvalue weighted by molar-refractivity contribution is 0.527. The fourth-order valence-electron chi connectivity index (χ4n) is 1.69. The van der Waals surface area contributed by atoms with E-state index in [1.165, 1.54) is 0 Å². The summed E-state index contributed by atoms with van der Waals surface area (Å²) in [5.74, 6) is 3.00. The van der Waals surface area contributed by atoms with Gasteiger partial charge in [-0.2, -0.15) is 0 Å². The van der Waals surface area contributed by atoms with E-state index >= 15 is 0 Å². The zero-order valence-electron chi connectivity index (χ0n) is 12.4. The molecule has 0 atom stereocenters. The van der Waals surface area contributed by atoms with Gasteiger partial charge in [0.15, 0.2) is 0 Å². The second-order valence-electron chi connectivity index (χ2n) is 4.97. The Morgan fingerprint density at radius 3 is 2.75 bits per heavy atom. The number of nitrogens with one attached hydrogen (secondary N) is 1. The van der Waals surface area contributed by atoms with Crippen LogP contribution in [-0.2, 0) is 0 Å². The second-order valence-corrected chi connectivity index (χ2v) is 6.04. The molecule has 2 heterocycles. The Bertz CT molecular complexity index is 566. The van der Waals surface area contributed by atoms with Crippen LogP contribution in [0.3, 0.4) is 0 Å². The van der Waals surface area contributed by atoms with Crippen molar-refractivity contribution in [3.8, 4) is 0 Å². The number of furan rings is 1. The molecule has 0 aliphatic rings. The van der Waals surface area contributed by atoms with Crippen LogP contribution >= 0.6 is 11.8 Å². The van der Waals surface area contributed by atoms with Crippen molar-refractivity contribution in [3.63, 3.8) is 0 Å². The summed E-state index contributed by atoms with van der Waals surface area (Å²) in [6, 6.07) is 3.97. The van der Waals surface area contributed by atoms with Gasteiger partial charge in [-0.25, -0.2) is 9.97 Å². The van der Waals surface area contributed by atoms with Gasteiger partial charge in [-0.15, -0.1) is 0 Å². The summed E-state index contributed by atoms with van der Waals surface area (Å²) < 4.78 is 5.33.